The van der Waals surface area contributed by atoms with E-state index in [1.54, 1.807) is 7.11 Å². The molecule has 2 fully saturated rings. The zero-order valence-electron chi connectivity index (χ0n) is 23.7. The molecule has 0 amide bonds. The lowest BCUT2D eigenvalue weighted by molar-refractivity contribution is -0.618. The second-order valence-corrected chi connectivity index (χ2v) is 10.7. The molecular formula is C34H33NO8. The van der Waals surface area contributed by atoms with E-state index in [4.69, 9.17) is 23.7 Å². The minimum Gasteiger partial charge on any atom is -0.497 e. The van der Waals surface area contributed by atoms with Crippen molar-refractivity contribution in [1.82, 2.24) is 0 Å². The number of methoxy groups -OCH3 is 1. The maximum atomic E-state index is 13.2. The van der Waals surface area contributed by atoms with E-state index in [0.29, 0.717) is 11.3 Å². The van der Waals surface area contributed by atoms with Gasteiger partial charge in [-0.1, -0.05) is 103 Å². The number of aliphatic hydroxyl groups excluding tert-OH is 1. The Hall–Kier alpha value is -4.12. The Kier molecular flexibility index (Phi) is 8.25. The number of nitrogens with zero attached hydrogens (tertiary/aromatic N) is 1. The Balaban J connectivity index is 1.47. The molecular weight excluding hydrogens is 550 g/mol. The highest BCUT2D eigenvalue weighted by atomic mass is 16.7. The van der Waals surface area contributed by atoms with E-state index in [1.165, 1.54) is 0 Å². The molecule has 0 aromatic heterocycles. The molecule has 0 aliphatic carbocycles. The average Bonchev–Trinajstić information content (AvgIpc) is 3.07. The Bertz CT molecular complexity index is 1460. The summed E-state index contributed by atoms with van der Waals surface area (Å²) in [5.41, 5.74) is -0.384. The molecule has 4 aromatic rings. The summed E-state index contributed by atoms with van der Waals surface area (Å²) in [7, 11) is 1.59. The molecule has 0 unspecified atom stereocenters. The fraction of sp³-hybridized carbons (Fsp3) is 0.294. The number of hydrogen-bond acceptors (Lipinski definition) is 8. The molecule has 0 bridgehead atoms. The molecule has 4 aromatic carbocycles. The molecule has 2 heterocycles. The van der Waals surface area contributed by atoms with Crippen molar-refractivity contribution in [3.63, 3.8) is 0 Å². The van der Waals surface area contributed by atoms with Gasteiger partial charge in [0, 0.05) is 10.5 Å². The number of benzene rings is 4. The lowest BCUT2D eigenvalue weighted by Gasteiger charge is -2.48. The lowest BCUT2D eigenvalue weighted by Crippen LogP contribution is -2.72. The van der Waals surface area contributed by atoms with Crippen molar-refractivity contribution in [1.29, 1.82) is 0 Å². The van der Waals surface area contributed by atoms with Crippen LogP contribution < -0.4 is 4.74 Å². The normalized spacial score (nSPS) is 25.4. The van der Waals surface area contributed by atoms with Crippen LogP contribution in [0.1, 0.15) is 28.5 Å². The number of rotatable bonds is 9. The van der Waals surface area contributed by atoms with E-state index in [-0.39, 0.29) is 13.2 Å². The van der Waals surface area contributed by atoms with Gasteiger partial charge in [0.15, 0.2) is 18.5 Å². The summed E-state index contributed by atoms with van der Waals surface area (Å²) in [6, 6.07) is 35.7. The van der Waals surface area contributed by atoms with Gasteiger partial charge in [-0.2, -0.15) is 0 Å². The summed E-state index contributed by atoms with van der Waals surface area (Å²) in [6.45, 7) is -0.684. The highest BCUT2D eigenvalue weighted by Gasteiger charge is 2.66. The maximum absolute atomic E-state index is 13.2. The smallest absolute Gasteiger partial charge is 0.300 e. The first-order valence-electron chi connectivity index (χ1n) is 14.1. The van der Waals surface area contributed by atoms with Crippen LogP contribution in [0.3, 0.4) is 0 Å². The van der Waals surface area contributed by atoms with Gasteiger partial charge in [-0.25, -0.2) is 0 Å². The van der Waals surface area contributed by atoms with Crippen LogP contribution in [0.2, 0.25) is 0 Å². The van der Waals surface area contributed by atoms with Crippen LogP contribution in [0.5, 0.6) is 5.75 Å². The summed E-state index contributed by atoms with van der Waals surface area (Å²) >= 11 is 0. The van der Waals surface area contributed by atoms with Gasteiger partial charge < -0.3 is 28.8 Å². The average molecular weight is 584 g/mol. The van der Waals surface area contributed by atoms with Crippen molar-refractivity contribution in [3.05, 3.63) is 148 Å². The van der Waals surface area contributed by atoms with Crippen LogP contribution in [-0.4, -0.2) is 60.8 Å². The first-order valence-corrected chi connectivity index (χ1v) is 14.1. The van der Waals surface area contributed by atoms with Gasteiger partial charge in [-0.3, -0.25) is 10.1 Å². The van der Waals surface area contributed by atoms with E-state index in [9.17, 15) is 15.2 Å². The molecule has 2 aliphatic rings. The van der Waals surface area contributed by atoms with Crippen molar-refractivity contribution in [2.24, 2.45) is 0 Å². The van der Waals surface area contributed by atoms with Crippen LogP contribution in [0, 0.1) is 10.1 Å². The van der Waals surface area contributed by atoms with Gasteiger partial charge in [0.05, 0.1) is 20.3 Å². The fourth-order valence-electron chi connectivity index (χ4n) is 6.04. The van der Waals surface area contributed by atoms with Gasteiger partial charge in [-0.15, -0.1) is 0 Å². The Morgan fingerprint density at radius 3 is 1.95 bits per heavy atom. The minimum absolute atomic E-state index is 0.0630. The molecule has 222 valence electrons. The molecule has 0 spiro atoms. The topological polar surface area (TPSA) is 110 Å². The molecule has 1 N–H and O–H groups in total. The van der Waals surface area contributed by atoms with Crippen LogP contribution in [-0.2, 0) is 24.5 Å². The molecule has 0 radical (unpaired) electrons. The van der Waals surface area contributed by atoms with Crippen molar-refractivity contribution in [2.45, 2.75) is 35.7 Å². The largest absolute Gasteiger partial charge is 0.497 e. The molecule has 2 saturated heterocycles. The summed E-state index contributed by atoms with van der Waals surface area (Å²) in [4.78, 5) is 12.7. The minimum atomic E-state index is -2.07. The SMILES string of the molecule is COc1ccc(C(OC[C@@]2([N+](=O)[O-])[C@@H]3O[C@H](c4ccccc4)OC[C@H]3OC[C@@H]2O)(c2ccccc2)c2ccccc2)cc1. The number of ether oxygens (including phenoxy) is 5. The van der Waals surface area contributed by atoms with E-state index in [2.05, 4.69) is 0 Å². The van der Waals surface area contributed by atoms with Gasteiger partial charge >= 0.3 is 5.54 Å². The standard InChI is InChI=1S/C34H33NO8/c1-39-28-19-17-27(18-20-28)34(25-13-7-3-8-14-25,26-15-9-4-10-16-26)42-23-33(35(37)38)30(36)22-40-29-21-41-32(43-31(29)33)24-11-5-2-6-12-24/h2-20,29-32,36H,21-23H2,1H3/t29-,30+,31-,32-,33+/m1/s1. The van der Waals surface area contributed by atoms with E-state index in [1.807, 2.05) is 115 Å². The molecule has 6 rings (SSSR count). The first kappa shape index (κ1) is 29.0. The van der Waals surface area contributed by atoms with Crippen LogP contribution in [0.15, 0.2) is 115 Å². The van der Waals surface area contributed by atoms with Crippen molar-refractivity contribution >= 4 is 0 Å². The van der Waals surface area contributed by atoms with E-state index >= 15 is 0 Å². The zero-order valence-corrected chi connectivity index (χ0v) is 23.7. The summed E-state index contributed by atoms with van der Waals surface area (Å²) in [5, 5.41) is 24.5. The summed E-state index contributed by atoms with van der Waals surface area (Å²) in [6.07, 6.45) is -4.32. The van der Waals surface area contributed by atoms with Crippen molar-refractivity contribution < 1.29 is 33.7 Å². The monoisotopic (exact) mass is 583 g/mol. The van der Waals surface area contributed by atoms with Gasteiger partial charge in [-0.05, 0) is 28.8 Å². The molecule has 0 saturated carbocycles. The number of aliphatic hydroxyl groups is 1. The highest BCUT2D eigenvalue weighted by molar-refractivity contribution is 5.48. The Labute approximate surface area is 249 Å². The van der Waals surface area contributed by atoms with E-state index in [0.717, 1.165) is 16.7 Å². The number of fused-ring (bicyclic) bond motifs is 1. The second kappa shape index (κ2) is 12.2. The van der Waals surface area contributed by atoms with Gasteiger partial charge in [0.1, 0.15) is 24.1 Å². The third-order valence-corrected chi connectivity index (χ3v) is 8.35. The third-order valence-electron chi connectivity index (χ3n) is 8.35. The molecule has 9 nitrogen and oxygen atoms in total. The molecule has 5 atom stereocenters. The molecule has 43 heavy (non-hydrogen) atoms. The fourth-order valence-corrected chi connectivity index (χ4v) is 6.04. The third kappa shape index (κ3) is 5.20. The predicted molar refractivity (Wildman–Crippen MR) is 157 cm³/mol. The molecule has 2 aliphatic heterocycles. The lowest BCUT2D eigenvalue weighted by atomic mass is 9.78. The first-order chi connectivity index (χ1) is 21.0. The zero-order chi connectivity index (χ0) is 29.9. The maximum Gasteiger partial charge on any atom is 0.300 e. The molecule has 9 heteroatoms. The second-order valence-electron chi connectivity index (χ2n) is 10.7. The summed E-state index contributed by atoms with van der Waals surface area (Å²) < 4.78 is 30.3. The van der Waals surface area contributed by atoms with Gasteiger partial charge in [0.25, 0.3) is 0 Å². The number of nitro groups is 1. The number of hydrogen-bond donors (Lipinski definition) is 1. The van der Waals surface area contributed by atoms with Crippen LogP contribution >= 0.6 is 0 Å². The van der Waals surface area contributed by atoms with Crippen molar-refractivity contribution in [3.8, 4) is 5.75 Å². The van der Waals surface area contributed by atoms with Crippen LogP contribution in [0.25, 0.3) is 0 Å². The van der Waals surface area contributed by atoms with Crippen LogP contribution in [0.4, 0.5) is 0 Å². The summed E-state index contributed by atoms with van der Waals surface area (Å²) in [5.74, 6) is 0.658. The predicted octanol–water partition coefficient (Wildman–Crippen LogP) is 4.89. The van der Waals surface area contributed by atoms with E-state index < -0.39 is 47.3 Å². The Morgan fingerprint density at radius 2 is 1.40 bits per heavy atom. The highest BCUT2D eigenvalue weighted by Crippen LogP contribution is 2.45. The van der Waals surface area contributed by atoms with Crippen molar-refractivity contribution in [2.75, 3.05) is 26.9 Å². The Morgan fingerprint density at radius 1 is 0.837 bits per heavy atom. The van der Waals surface area contributed by atoms with Gasteiger partial charge in [0.2, 0.25) is 0 Å². The quantitative estimate of drug-likeness (QED) is 0.169.